The predicted octanol–water partition coefficient (Wildman–Crippen LogP) is 4.06. The van der Waals surface area contributed by atoms with E-state index in [1.807, 2.05) is 6.07 Å². The molecule has 4 rings (SSSR count). The highest BCUT2D eigenvalue weighted by atomic mass is 19.1. The van der Waals surface area contributed by atoms with Gasteiger partial charge in [0.2, 0.25) is 5.91 Å². The Hall–Kier alpha value is -2.96. The first-order chi connectivity index (χ1) is 14.5. The molecule has 0 aliphatic carbocycles. The third-order valence-corrected chi connectivity index (χ3v) is 5.87. The number of anilines is 2. The quantitative estimate of drug-likeness (QED) is 0.823. The lowest BCUT2D eigenvalue weighted by atomic mass is 9.95. The van der Waals surface area contributed by atoms with Gasteiger partial charge in [-0.3, -0.25) is 9.59 Å². The summed E-state index contributed by atoms with van der Waals surface area (Å²) in [7, 11) is 0. The minimum atomic E-state index is -0.382. The lowest BCUT2D eigenvalue weighted by Crippen LogP contribution is -2.41. The number of carbonyl (C=O) groups is 2. The van der Waals surface area contributed by atoms with E-state index in [-0.39, 0.29) is 29.4 Å². The maximum atomic E-state index is 14.1. The zero-order valence-corrected chi connectivity index (χ0v) is 16.7. The number of halogens is 2. The Bertz CT molecular complexity index is 919. The summed E-state index contributed by atoms with van der Waals surface area (Å²) in [6.45, 7) is 2.71. The van der Waals surface area contributed by atoms with Gasteiger partial charge in [-0.1, -0.05) is 0 Å². The fourth-order valence-corrected chi connectivity index (χ4v) is 4.17. The van der Waals surface area contributed by atoms with Crippen LogP contribution < -0.4 is 10.2 Å². The van der Waals surface area contributed by atoms with E-state index < -0.39 is 0 Å². The summed E-state index contributed by atoms with van der Waals surface area (Å²) in [6.07, 6.45) is 3.25. The van der Waals surface area contributed by atoms with Crippen molar-refractivity contribution in [2.45, 2.75) is 25.7 Å². The molecule has 0 atom stereocenters. The molecule has 5 nitrogen and oxygen atoms in total. The van der Waals surface area contributed by atoms with Crippen molar-refractivity contribution in [3.05, 3.63) is 59.7 Å². The monoisotopic (exact) mass is 413 g/mol. The van der Waals surface area contributed by atoms with Gasteiger partial charge in [-0.25, -0.2) is 8.78 Å². The van der Waals surface area contributed by atoms with Gasteiger partial charge >= 0.3 is 0 Å². The molecule has 0 bridgehead atoms. The van der Waals surface area contributed by atoms with Crippen molar-refractivity contribution in [1.29, 1.82) is 0 Å². The number of piperidine rings is 1. The number of nitrogens with one attached hydrogen (secondary N) is 1. The molecule has 30 heavy (non-hydrogen) atoms. The molecule has 1 N–H and O–H groups in total. The predicted molar refractivity (Wildman–Crippen MR) is 112 cm³/mol. The molecule has 2 saturated heterocycles. The zero-order chi connectivity index (χ0) is 21.1. The third-order valence-electron chi connectivity index (χ3n) is 5.87. The molecule has 2 aliphatic heterocycles. The molecule has 0 spiro atoms. The van der Waals surface area contributed by atoms with Crippen molar-refractivity contribution < 1.29 is 18.4 Å². The Morgan fingerprint density at radius 2 is 1.53 bits per heavy atom. The Morgan fingerprint density at radius 3 is 2.20 bits per heavy atom. The molecule has 2 aromatic carbocycles. The van der Waals surface area contributed by atoms with E-state index in [1.165, 1.54) is 36.4 Å². The van der Waals surface area contributed by atoms with E-state index in [1.54, 1.807) is 4.90 Å². The molecule has 0 aromatic heterocycles. The molecule has 7 heteroatoms. The van der Waals surface area contributed by atoms with Crippen molar-refractivity contribution in [2.24, 2.45) is 5.92 Å². The number of hydrogen-bond donors (Lipinski definition) is 1. The number of rotatable bonds is 4. The first-order valence-electron chi connectivity index (χ1n) is 10.4. The molecule has 0 saturated carbocycles. The van der Waals surface area contributed by atoms with Crippen molar-refractivity contribution in [1.82, 2.24) is 4.90 Å². The maximum absolute atomic E-state index is 14.1. The topological polar surface area (TPSA) is 52.7 Å². The second-order valence-electron chi connectivity index (χ2n) is 7.95. The van der Waals surface area contributed by atoms with Crippen LogP contribution in [0.1, 0.15) is 36.0 Å². The average molecular weight is 413 g/mol. The van der Waals surface area contributed by atoms with E-state index in [4.69, 9.17) is 0 Å². The number of amides is 2. The summed E-state index contributed by atoms with van der Waals surface area (Å²) in [5.41, 5.74) is 1.70. The highest BCUT2D eigenvalue weighted by Crippen LogP contribution is 2.27. The van der Waals surface area contributed by atoms with Gasteiger partial charge in [0, 0.05) is 49.0 Å². The Kier molecular flexibility index (Phi) is 5.97. The fourth-order valence-electron chi connectivity index (χ4n) is 4.17. The van der Waals surface area contributed by atoms with Crippen LogP contribution >= 0.6 is 0 Å². The molecular weight excluding hydrogens is 388 g/mol. The largest absolute Gasteiger partial charge is 0.371 e. The summed E-state index contributed by atoms with van der Waals surface area (Å²) < 4.78 is 27.1. The molecule has 0 radical (unpaired) electrons. The second kappa shape index (κ2) is 8.81. The summed E-state index contributed by atoms with van der Waals surface area (Å²) in [5, 5.41) is 2.85. The van der Waals surface area contributed by atoms with Crippen molar-refractivity contribution >= 4 is 23.2 Å². The van der Waals surface area contributed by atoms with Crippen LogP contribution in [-0.4, -0.2) is 42.9 Å². The Labute approximate surface area is 174 Å². The summed E-state index contributed by atoms with van der Waals surface area (Å²) in [4.78, 5) is 29.0. The van der Waals surface area contributed by atoms with Crippen LogP contribution in [0.15, 0.2) is 42.5 Å². The molecule has 2 aliphatic rings. The minimum absolute atomic E-state index is 0.151. The van der Waals surface area contributed by atoms with Crippen LogP contribution in [0.3, 0.4) is 0 Å². The van der Waals surface area contributed by atoms with Gasteiger partial charge in [-0.2, -0.15) is 0 Å². The molecule has 158 valence electrons. The molecule has 2 fully saturated rings. The van der Waals surface area contributed by atoms with Crippen molar-refractivity contribution in [3.8, 4) is 0 Å². The number of carbonyl (C=O) groups excluding carboxylic acids is 2. The van der Waals surface area contributed by atoms with Crippen LogP contribution in [0.2, 0.25) is 0 Å². The van der Waals surface area contributed by atoms with Crippen molar-refractivity contribution in [3.63, 3.8) is 0 Å². The van der Waals surface area contributed by atoms with E-state index in [0.29, 0.717) is 37.2 Å². The van der Waals surface area contributed by atoms with Gasteiger partial charge in [0.15, 0.2) is 0 Å². The molecule has 2 heterocycles. The zero-order valence-electron chi connectivity index (χ0n) is 16.7. The van der Waals surface area contributed by atoms with Gasteiger partial charge in [-0.05, 0) is 68.1 Å². The van der Waals surface area contributed by atoms with Gasteiger partial charge in [-0.15, -0.1) is 0 Å². The van der Waals surface area contributed by atoms with Crippen LogP contribution in [-0.2, 0) is 4.79 Å². The smallest absolute Gasteiger partial charge is 0.253 e. The number of benzene rings is 2. The van der Waals surface area contributed by atoms with Gasteiger partial charge in [0.25, 0.3) is 5.91 Å². The van der Waals surface area contributed by atoms with Crippen LogP contribution in [0, 0.1) is 17.6 Å². The van der Waals surface area contributed by atoms with E-state index in [9.17, 15) is 18.4 Å². The fraction of sp³-hybridized carbons (Fsp3) is 0.391. The SMILES string of the molecule is O=C(Nc1cc(F)cc(N2CCCC2)c1)C1CCN(C(=O)c2ccc(F)cc2)CC1. The van der Waals surface area contributed by atoms with Gasteiger partial charge in [0.1, 0.15) is 11.6 Å². The van der Waals surface area contributed by atoms with Crippen LogP contribution in [0.5, 0.6) is 0 Å². The number of likely N-dealkylation sites (tertiary alicyclic amines) is 1. The lowest BCUT2D eigenvalue weighted by molar-refractivity contribution is -0.121. The Morgan fingerprint density at radius 1 is 0.867 bits per heavy atom. The number of hydrogen-bond acceptors (Lipinski definition) is 3. The highest BCUT2D eigenvalue weighted by Gasteiger charge is 2.28. The van der Waals surface area contributed by atoms with Crippen molar-refractivity contribution in [2.75, 3.05) is 36.4 Å². The minimum Gasteiger partial charge on any atom is -0.371 e. The summed E-state index contributed by atoms with van der Waals surface area (Å²) in [5.74, 6) is -1.29. The summed E-state index contributed by atoms with van der Waals surface area (Å²) >= 11 is 0. The first-order valence-corrected chi connectivity index (χ1v) is 10.4. The summed E-state index contributed by atoms with van der Waals surface area (Å²) in [6, 6.07) is 10.1. The van der Waals surface area contributed by atoms with E-state index in [2.05, 4.69) is 10.2 Å². The molecular formula is C23H25F2N3O2. The standard InChI is InChI=1S/C23H25F2N3O2/c24-18-5-3-17(4-6-18)23(30)28-11-7-16(8-12-28)22(29)26-20-13-19(25)14-21(15-20)27-9-1-2-10-27/h3-6,13-16H,1-2,7-12H2,(H,26,29). The normalized spacial score (nSPS) is 17.3. The van der Waals surface area contributed by atoms with Gasteiger partial charge < -0.3 is 15.1 Å². The highest BCUT2D eigenvalue weighted by molar-refractivity contribution is 5.95. The number of nitrogens with zero attached hydrogens (tertiary/aromatic N) is 2. The molecule has 0 unspecified atom stereocenters. The van der Waals surface area contributed by atoms with Crippen LogP contribution in [0.4, 0.5) is 20.2 Å². The van der Waals surface area contributed by atoms with E-state index in [0.717, 1.165) is 31.6 Å². The maximum Gasteiger partial charge on any atom is 0.253 e. The average Bonchev–Trinajstić information content (AvgIpc) is 3.28. The third kappa shape index (κ3) is 4.61. The second-order valence-corrected chi connectivity index (χ2v) is 7.95. The molecule has 2 aromatic rings. The lowest BCUT2D eigenvalue weighted by Gasteiger charge is -2.31. The molecule has 2 amide bonds. The Balaban J connectivity index is 1.34. The van der Waals surface area contributed by atoms with Gasteiger partial charge in [0.05, 0.1) is 0 Å². The first kappa shape index (κ1) is 20.3. The van der Waals surface area contributed by atoms with Crippen LogP contribution in [0.25, 0.3) is 0 Å². The van der Waals surface area contributed by atoms with E-state index >= 15 is 0 Å².